The van der Waals surface area contributed by atoms with Crippen molar-refractivity contribution in [2.24, 2.45) is 5.73 Å². The Morgan fingerprint density at radius 1 is 1.41 bits per heavy atom. The second-order valence-electron chi connectivity index (χ2n) is 4.50. The minimum atomic E-state index is -0.545. The molecule has 0 aliphatic carbocycles. The molecular weight excluding hydrogens is 322 g/mol. The molecule has 22 heavy (non-hydrogen) atoms. The quantitative estimate of drug-likeness (QED) is 0.744. The predicted molar refractivity (Wildman–Crippen MR) is 87.1 cm³/mol. The third kappa shape index (κ3) is 3.13. The summed E-state index contributed by atoms with van der Waals surface area (Å²) in [5.41, 5.74) is 6.27. The number of oxazole rings is 1. The molecule has 0 aliphatic rings. The zero-order valence-electron chi connectivity index (χ0n) is 11.4. The van der Waals surface area contributed by atoms with Crippen LogP contribution >= 0.6 is 22.9 Å². The molecule has 2 heterocycles. The number of aromatic nitrogens is 1. The Labute approximate surface area is 135 Å². The van der Waals surface area contributed by atoms with Crippen molar-refractivity contribution < 1.29 is 9.21 Å². The van der Waals surface area contributed by atoms with E-state index in [0.717, 1.165) is 10.6 Å². The van der Waals surface area contributed by atoms with E-state index in [4.69, 9.17) is 21.8 Å². The standard InChI is InChI=1S/C15H12ClN3O2S/c16-9-3-4-11(10(6-9)15(17)20)18-8-14-19-7-12(21-14)13-2-1-5-22-13/h1-7,18H,8H2,(H2,17,20). The molecule has 0 unspecified atom stereocenters. The number of anilines is 1. The summed E-state index contributed by atoms with van der Waals surface area (Å²) in [5, 5.41) is 5.51. The summed E-state index contributed by atoms with van der Waals surface area (Å²) in [4.78, 5) is 16.7. The predicted octanol–water partition coefficient (Wildman–Crippen LogP) is 3.77. The van der Waals surface area contributed by atoms with Crippen molar-refractivity contribution >= 4 is 34.5 Å². The van der Waals surface area contributed by atoms with Crippen LogP contribution in [0.3, 0.4) is 0 Å². The molecule has 0 saturated heterocycles. The zero-order valence-corrected chi connectivity index (χ0v) is 12.9. The lowest BCUT2D eigenvalue weighted by Crippen LogP contribution is -2.14. The number of benzene rings is 1. The van der Waals surface area contributed by atoms with Crippen molar-refractivity contribution in [2.45, 2.75) is 6.54 Å². The molecule has 0 aliphatic heterocycles. The van der Waals surface area contributed by atoms with Crippen molar-refractivity contribution in [3.05, 3.63) is 58.4 Å². The molecule has 3 aromatic rings. The number of primary amides is 1. The molecule has 0 atom stereocenters. The second-order valence-corrected chi connectivity index (χ2v) is 5.89. The largest absolute Gasteiger partial charge is 0.438 e. The van der Waals surface area contributed by atoms with Crippen LogP contribution in [-0.4, -0.2) is 10.9 Å². The van der Waals surface area contributed by atoms with Crippen molar-refractivity contribution in [3.63, 3.8) is 0 Å². The molecule has 3 N–H and O–H groups in total. The number of halogens is 1. The number of rotatable bonds is 5. The third-order valence-electron chi connectivity index (χ3n) is 2.99. The van der Waals surface area contributed by atoms with Gasteiger partial charge in [0.15, 0.2) is 5.76 Å². The number of amides is 1. The highest BCUT2D eigenvalue weighted by atomic mass is 35.5. The van der Waals surface area contributed by atoms with Gasteiger partial charge >= 0.3 is 0 Å². The van der Waals surface area contributed by atoms with Crippen LogP contribution < -0.4 is 11.1 Å². The van der Waals surface area contributed by atoms with E-state index in [1.165, 1.54) is 6.07 Å². The van der Waals surface area contributed by atoms with Crippen molar-refractivity contribution in [1.29, 1.82) is 0 Å². The lowest BCUT2D eigenvalue weighted by atomic mass is 10.1. The van der Waals surface area contributed by atoms with E-state index in [9.17, 15) is 4.79 Å². The SMILES string of the molecule is NC(=O)c1cc(Cl)ccc1NCc1ncc(-c2cccs2)o1. The number of nitrogens with zero attached hydrogens (tertiary/aromatic N) is 1. The summed E-state index contributed by atoms with van der Waals surface area (Å²) in [6.45, 7) is 0.341. The van der Waals surface area contributed by atoms with Crippen LogP contribution in [0.5, 0.6) is 0 Å². The van der Waals surface area contributed by atoms with Gasteiger partial charge in [0.05, 0.1) is 23.2 Å². The van der Waals surface area contributed by atoms with E-state index in [2.05, 4.69) is 10.3 Å². The molecular formula is C15H12ClN3O2S. The van der Waals surface area contributed by atoms with E-state index in [0.29, 0.717) is 28.7 Å². The van der Waals surface area contributed by atoms with E-state index in [1.54, 1.807) is 29.7 Å². The molecule has 0 spiro atoms. The first kappa shape index (κ1) is 14.6. The first-order valence-electron chi connectivity index (χ1n) is 6.45. The minimum Gasteiger partial charge on any atom is -0.438 e. The number of hydrogen-bond donors (Lipinski definition) is 2. The number of hydrogen-bond acceptors (Lipinski definition) is 5. The minimum absolute atomic E-state index is 0.331. The van der Waals surface area contributed by atoms with Gasteiger partial charge in [-0.25, -0.2) is 4.98 Å². The Morgan fingerprint density at radius 3 is 3.00 bits per heavy atom. The third-order valence-corrected chi connectivity index (χ3v) is 4.11. The number of thiophene rings is 1. The van der Waals surface area contributed by atoms with Gasteiger partial charge in [-0.2, -0.15) is 0 Å². The van der Waals surface area contributed by atoms with Crippen LogP contribution in [0.4, 0.5) is 5.69 Å². The Hall–Kier alpha value is -2.31. The van der Waals surface area contributed by atoms with Crippen LogP contribution in [-0.2, 0) is 6.54 Å². The van der Waals surface area contributed by atoms with Gasteiger partial charge in [0.2, 0.25) is 5.89 Å². The maximum absolute atomic E-state index is 11.4. The summed E-state index contributed by atoms with van der Waals surface area (Å²) in [6.07, 6.45) is 1.68. The fourth-order valence-electron chi connectivity index (χ4n) is 1.97. The number of carbonyl (C=O) groups excluding carboxylic acids is 1. The van der Waals surface area contributed by atoms with Crippen LogP contribution in [0.1, 0.15) is 16.2 Å². The first-order chi connectivity index (χ1) is 10.6. The first-order valence-corrected chi connectivity index (χ1v) is 7.71. The Kier molecular flexibility index (Phi) is 4.13. The summed E-state index contributed by atoms with van der Waals surface area (Å²) >= 11 is 7.45. The molecule has 3 rings (SSSR count). The lowest BCUT2D eigenvalue weighted by molar-refractivity contribution is 0.100. The van der Waals surface area contributed by atoms with Gasteiger partial charge in [-0.05, 0) is 29.6 Å². The van der Waals surface area contributed by atoms with Gasteiger partial charge < -0.3 is 15.5 Å². The van der Waals surface area contributed by atoms with Crippen molar-refractivity contribution in [2.75, 3.05) is 5.32 Å². The van der Waals surface area contributed by atoms with E-state index in [1.807, 2.05) is 17.5 Å². The molecule has 0 bridgehead atoms. The second kappa shape index (κ2) is 6.21. The average molecular weight is 334 g/mol. The summed E-state index contributed by atoms with van der Waals surface area (Å²) in [7, 11) is 0. The lowest BCUT2D eigenvalue weighted by Gasteiger charge is -2.08. The van der Waals surface area contributed by atoms with Gasteiger partial charge in [0.25, 0.3) is 5.91 Å². The molecule has 1 aromatic carbocycles. The maximum atomic E-state index is 11.4. The zero-order chi connectivity index (χ0) is 15.5. The summed E-state index contributed by atoms with van der Waals surface area (Å²) in [5.74, 6) is 0.698. The summed E-state index contributed by atoms with van der Waals surface area (Å²) < 4.78 is 5.67. The van der Waals surface area contributed by atoms with Crippen LogP contribution in [0, 0.1) is 0 Å². The van der Waals surface area contributed by atoms with Crippen LogP contribution in [0.25, 0.3) is 10.6 Å². The van der Waals surface area contributed by atoms with Gasteiger partial charge in [-0.1, -0.05) is 17.7 Å². The molecule has 5 nitrogen and oxygen atoms in total. The average Bonchev–Trinajstić information content (AvgIpc) is 3.16. The fourth-order valence-corrected chi connectivity index (χ4v) is 2.81. The van der Waals surface area contributed by atoms with Gasteiger partial charge in [-0.3, -0.25) is 4.79 Å². The van der Waals surface area contributed by atoms with Gasteiger partial charge in [0, 0.05) is 10.7 Å². The van der Waals surface area contributed by atoms with Gasteiger partial charge in [0.1, 0.15) is 0 Å². The maximum Gasteiger partial charge on any atom is 0.250 e. The Bertz CT molecular complexity index is 799. The van der Waals surface area contributed by atoms with Crippen LogP contribution in [0.15, 0.2) is 46.3 Å². The van der Waals surface area contributed by atoms with Crippen molar-refractivity contribution in [3.8, 4) is 10.6 Å². The van der Waals surface area contributed by atoms with Crippen LogP contribution in [0.2, 0.25) is 5.02 Å². The normalized spacial score (nSPS) is 10.6. The highest BCUT2D eigenvalue weighted by molar-refractivity contribution is 7.13. The van der Waals surface area contributed by atoms with Gasteiger partial charge in [-0.15, -0.1) is 11.3 Å². The van der Waals surface area contributed by atoms with E-state index < -0.39 is 5.91 Å². The molecule has 112 valence electrons. The Morgan fingerprint density at radius 2 is 2.27 bits per heavy atom. The number of carbonyl (C=O) groups is 1. The highest BCUT2D eigenvalue weighted by Crippen LogP contribution is 2.26. The Balaban J connectivity index is 1.74. The van der Waals surface area contributed by atoms with E-state index in [-0.39, 0.29) is 0 Å². The molecule has 0 radical (unpaired) electrons. The summed E-state index contributed by atoms with van der Waals surface area (Å²) in [6, 6.07) is 8.83. The smallest absolute Gasteiger partial charge is 0.250 e. The molecule has 0 fully saturated rings. The fraction of sp³-hybridized carbons (Fsp3) is 0.0667. The number of nitrogens with one attached hydrogen (secondary N) is 1. The molecule has 2 aromatic heterocycles. The molecule has 1 amide bonds. The number of nitrogens with two attached hydrogens (primary N) is 1. The van der Waals surface area contributed by atoms with Crippen molar-refractivity contribution in [1.82, 2.24) is 4.98 Å². The molecule has 7 heteroatoms. The van der Waals surface area contributed by atoms with E-state index >= 15 is 0 Å². The molecule has 0 saturated carbocycles. The highest BCUT2D eigenvalue weighted by Gasteiger charge is 2.11. The topological polar surface area (TPSA) is 81.2 Å². The monoisotopic (exact) mass is 333 g/mol.